The molecule has 1 aromatic heterocycles. The summed E-state index contributed by atoms with van der Waals surface area (Å²) in [4.78, 5) is 15.7. The van der Waals surface area contributed by atoms with Crippen LogP contribution in [0.15, 0.2) is 18.3 Å². The Kier molecular flexibility index (Phi) is 4.60. The van der Waals surface area contributed by atoms with Crippen molar-refractivity contribution in [2.75, 3.05) is 18.4 Å². The van der Waals surface area contributed by atoms with Crippen LogP contribution in [-0.4, -0.2) is 30.1 Å². The molecule has 0 unspecified atom stereocenters. The number of nitrogens with one attached hydrogen (secondary N) is 2. The van der Waals surface area contributed by atoms with Crippen molar-refractivity contribution in [3.8, 4) is 5.75 Å². The topological polar surface area (TPSA) is 63.2 Å². The summed E-state index contributed by atoms with van der Waals surface area (Å²) < 4.78 is 5.66. The van der Waals surface area contributed by atoms with Gasteiger partial charge in [-0.25, -0.2) is 4.98 Å². The molecule has 19 heavy (non-hydrogen) atoms. The molecule has 0 spiro atoms. The van der Waals surface area contributed by atoms with Gasteiger partial charge in [-0.1, -0.05) is 0 Å². The average Bonchev–Trinajstić information content (AvgIpc) is 3.19. The van der Waals surface area contributed by atoms with Gasteiger partial charge in [-0.2, -0.15) is 0 Å². The van der Waals surface area contributed by atoms with Crippen molar-refractivity contribution in [2.24, 2.45) is 5.92 Å². The molecule has 0 saturated heterocycles. The molecule has 0 aromatic carbocycles. The Bertz CT molecular complexity index is 430. The van der Waals surface area contributed by atoms with Crippen LogP contribution >= 0.6 is 0 Å². The van der Waals surface area contributed by atoms with Crippen LogP contribution in [0.5, 0.6) is 5.75 Å². The van der Waals surface area contributed by atoms with Crippen LogP contribution in [0.1, 0.15) is 26.7 Å². The number of carbonyl (C=O) groups excluding carboxylic acids is 1. The van der Waals surface area contributed by atoms with E-state index in [1.165, 1.54) is 0 Å². The maximum atomic E-state index is 11.4. The summed E-state index contributed by atoms with van der Waals surface area (Å²) in [5, 5.41) is 6.09. The first-order chi connectivity index (χ1) is 9.16. The van der Waals surface area contributed by atoms with Gasteiger partial charge in [0.15, 0.2) is 11.6 Å². The van der Waals surface area contributed by atoms with Gasteiger partial charge in [-0.05, 0) is 38.8 Å². The SMILES string of the molecule is CC(C)Oc1cccnc1NCCNC(=O)C1CC1. The van der Waals surface area contributed by atoms with Crippen molar-refractivity contribution in [3.63, 3.8) is 0 Å². The van der Waals surface area contributed by atoms with Crippen molar-refractivity contribution in [3.05, 3.63) is 18.3 Å². The normalized spacial score (nSPS) is 14.3. The lowest BCUT2D eigenvalue weighted by molar-refractivity contribution is -0.122. The molecule has 2 rings (SSSR count). The molecular formula is C14H21N3O2. The van der Waals surface area contributed by atoms with E-state index in [0.29, 0.717) is 13.1 Å². The maximum Gasteiger partial charge on any atom is 0.223 e. The van der Waals surface area contributed by atoms with Crippen molar-refractivity contribution >= 4 is 11.7 Å². The molecule has 1 fully saturated rings. The fourth-order valence-electron chi connectivity index (χ4n) is 1.73. The van der Waals surface area contributed by atoms with Crippen LogP contribution < -0.4 is 15.4 Å². The number of nitrogens with zero attached hydrogens (tertiary/aromatic N) is 1. The van der Waals surface area contributed by atoms with E-state index >= 15 is 0 Å². The van der Waals surface area contributed by atoms with E-state index in [-0.39, 0.29) is 17.9 Å². The minimum absolute atomic E-state index is 0.110. The summed E-state index contributed by atoms with van der Waals surface area (Å²) >= 11 is 0. The third kappa shape index (κ3) is 4.43. The number of pyridine rings is 1. The minimum Gasteiger partial charge on any atom is -0.487 e. The van der Waals surface area contributed by atoms with Crippen LogP contribution in [0.3, 0.4) is 0 Å². The fraction of sp³-hybridized carbons (Fsp3) is 0.571. The van der Waals surface area contributed by atoms with Crippen LogP contribution in [0.25, 0.3) is 0 Å². The third-order valence-corrected chi connectivity index (χ3v) is 2.80. The number of hydrogen-bond acceptors (Lipinski definition) is 4. The van der Waals surface area contributed by atoms with E-state index in [9.17, 15) is 4.79 Å². The van der Waals surface area contributed by atoms with Gasteiger partial charge in [0.05, 0.1) is 6.10 Å². The Morgan fingerprint density at radius 1 is 1.47 bits per heavy atom. The number of rotatable bonds is 7. The lowest BCUT2D eigenvalue weighted by atomic mass is 10.4. The van der Waals surface area contributed by atoms with Gasteiger partial charge in [-0.3, -0.25) is 4.79 Å². The predicted molar refractivity (Wildman–Crippen MR) is 74.2 cm³/mol. The number of amides is 1. The summed E-state index contributed by atoms with van der Waals surface area (Å²) in [7, 11) is 0. The molecule has 1 saturated carbocycles. The second-order valence-corrected chi connectivity index (χ2v) is 5.01. The number of ether oxygens (including phenoxy) is 1. The number of hydrogen-bond donors (Lipinski definition) is 2. The summed E-state index contributed by atoms with van der Waals surface area (Å²) in [5.74, 6) is 1.89. The zero-order valence-corrected chi connectivity index (χ0v) is 11.5. The lowest BCUT2D eigenvalue weighted by Gasteiger charge is -2.14. The fourth-order valence-corrected chi connectivity index (χ4v) is 1.73. The predicted octanol–water partition coefficient (Wildman–Crippen LogP) is 1.81. The van der Waals surface area contributed by atoms with Gasteiger partial charge in [-0.15, -0.1) is 0 Å². The number of anilines is 1. The highest BCUT2D eigenvalue weighted by molar-refractivity contribution is 5.80. The average molecular weight is 263 g/mol. The molecule has 0 atom stereocenters. The molecule has 0 radical (unpaired) electrons. The molecule has 0 aliphatic heterocycles. The van der Waals surface area contributed by atoms with Gasteiger partial charge in [0.1, 0.15) is 0 Å². The van der Waals surface area contributed by atoms with Crippen molar-refractivity contribution in [1.29, 1.82) is 0 Å². The zero-order chi connectivity index (χ0) is 13.7. The van der Waals surface area contributed by atoms with E-state index in [0.717, 1.165) is 24.4 Å². The highest BCUT2D eigenvalue weighted by Gasteiger charge is 2.28. The first kappa shape index (κ1) is 13.6. The van der Waals surface area contributed by atoms with Crippen molar-refractivity contribution in [1.82, 2.24) is 10.3 Å². The van der Waals surface area contributed by atoms with E-state index < -0.39 is 0 Å². The molecule has 5 nitrogen and oxygen atoms in total. The van der Waals surface area contributed by atoms with Gasteiger partial charge in [0, 0.05) is 25.2 Å². The van der Waals surface area contributed by atoms with E-state index in [2.05, 4.69) is 15.6 Å². The first-order valence-electron chi connectivity index (χ1n) is 6.80. The smallest absolute Gasteiger partial charge is 0.223 e. The van der Waals surface area contributed by atoms with Gasteiger partial charge >= 0.3 is 0 Å². The van der Waals surface area contributed by atoms with E-state index in [4.69, 9.17) is 4.74 Å². The van der Waals surface area contributed by atoms with E-state index in [1.807, 2.05) is 26.0 Å². The molecule has 1 heterocycles. The Morgan fingerprint density at radius 3 is 2.95 bits per heavy atom. The zero-order valence-electron chi connectivity index (χ0n) is 11.5. The summed E-state index contributed by atoms with van der Waals surface area (Å²) in [5.41, 5.74) is 0. The molecule has 1 aliphatic carbocycles. The quantitative estimate of drug-likeness (QED) is 0.736. The standard InChI is InChI=1S/C14H21N3O2/c1-10(2)19-12-4-3-7-15-13(12)16-8-9-17-14(18)11-5-6-11/h3-4,7,10-11H,5-6,8-9H2,1-2H3,(H,15,16)(H,17,18). The van der Waals surface area contributed by atoms with Crippen LogP contribution in [-0.2, 0) is 4.79 Å². The van der Waals surface area contributed by atoms with Gasteiger partial charge in [0.2, 0.25) is 5.91 Å². The van der Waals surface area contributed by atoms with Crippen molar-refractivity contribution < 1.29 is 9.53 Å². The molecule has 1 amide bonds. The molecule has 1 aromatic rings. The first-order valence-corrected chi connectivity index (χ1v) is 6.80. The molecule has 104 valence electrons. The van der Waals surface area contributed by atoms with Crippen LogP contribution in [0, 0.1) is 5.92 Å². The second kappa shape index (κ2) is 6.41. The summed E-state index contributed by atoms with van der Waals surface area (Å²) in [6.07, 6.45) is 3.90. The van der Waals surface area contributed by atoms with Crippen LogP contribution in [0.4, 0.5) is 5.82 Å². The molecular weight excluding hydrogens is 242 g/mol. The number of carbonyl (C=O) groups is 1. The molecule has 2 N–H and O–H groups in total. The highest BCUT2D eigenvalue weighted by Crippen LogP contribution is 2.28. The monoisotopic (exact) mass is 263 g/mol. The minimum atomic E-state index is 0.110. The van der Waals surface area contributed by atoms with Crippen molar-refractivity contribution in [2.45, 2.75) is 32.8 Å². The van der Waals surface area contributed by atoms with Gasteiger partial charge in [0.25, 0.3) is 0 Å². The highest BCUT2D eigenvalue weighted by atomic mass is 16.5. The number of aromatic nitrogens is 1. The van der Waals surface area contributed by atoms with Gasteiger partial charge < -0.3 is 15.4 Å². The summed E-state index contributed by atoms with van der Waals surface area (Å²) in [6.45, 7) is 5.20. The molecule has 1 aliphatic rings. The van der Waals surface area contributed by atoms with E-state index in [1.54, 1.807) is 6.20 Å². The Labute approximate surface area is 113 Å². The largest absolute Gasteiger partial charge is 0.487 e. The molecule has 5 heteroatoms. The lowest BCUT2D eigenvalue weighted by Crippen LogP contribution is -2.30. The summed E-state index contributed by atoms with van der Waals surface area (Å²) in [6, 6.07) is 3.73. The second-order valence-electron chi connectivity index (χ2n) is 5.01. The Morgan fingerprint density at radius 2 is 2.26 bits per heavy atom. The Balaban J connectivity index is 1.76. The maximum absolute atomic E-state index is 11.4. The molecule has 0 bridgehead atoms. The third-order valence-electron chi connectivity index (χ3n) is 2.80. The Hall–Kier alpha value is -1.78. The van der Waals surface area contributed by atoms with Crippen LogP contribution in [0.2, 0.25) is 0 Å².